The van der Waals surface area contributed by atoms with Gasteiger partial charge in [-0.2, -0.15) is 33.1 Å². The van der Waals surface area contributed by atoms with Gasteiger partial charge in [-0.3, -0.25) is 38.4 Å². The van der Waals surface area contributed by atoms with Crippen LogP contribution >= 0.6 is 0 Å². The Labute approximate surface area is 828 Å². The molecule has 8 aromatic rings. The fourth-order valence-electron chi connectivity index (χ4n) is 19.8. The predicted molar refractivity (Wildman–Crippen MR) is 546 cm³/mol. The van der Waals surface area contributed by atoms with E-state index >= 15 is 0 Å². The Morgan fingerprint density at radius 3 is 1.10 bits per heavy atom. The number of nitrogens with one attached hydrogen (secondary N) is 7. The van der Waals surface area contributed by atoms with Crippen LogP contribution in [0.1, 0.15) is 213 Å². The molecule has 4 aliphatic carbocycles. The van der Waals surface area contributed by atoms with Crippen LogP contribution in [0, 0.1) is 21.7 Å². The molecule has 7 N–H and O–H groups in total. The van der Waals surface area contributed by atoms with E-state index in [0.717, 1.165) is 104 Å². The normalized spacial score (nSPS) is 18.5. The van der Waals surface area contributed by atoms with Gasteiger partial charge in [0.1, 0.15) is 34.8 Å². The van der Waals surface area contributed by atoms with E-state index in [2.05, 4.69) is 76.8 Å². The molecule has 0 atom stereocenters. The van der Waals surface area contributed by atoms with Gasteiger partial charge < -0.3 is 95.7 Å². The number of amides is 9. The van der Waals surface area contributed by atoms with Crippen LogP contribution < -0.4 is 81.3 Å². The van der Waals surface area contributed by atoms with Crippen molar-refractivity contribution in [1.82, 2.24) is 55.4 Å². The summed E-state index contributed by atoms with van der Waals surface area (Å²) in [5, 5.41) is 20.9. The third-order valence-electron chi connectivity index (χ3n) is 27.3. The Bertz CT molecular complexity index is 5950. The number of nitrogens with zero attached hydrogens (tertiary/aromatic N) is 18. The van der Waals surface area contributed by atoms with Gasteiger partial charge in [0, 0.05) is 165 Å². The summed E-state index contributed by atoms with van der Waals surface area (Å²) in [6, 6.07) is 29.5. The van der Waals surface area contributed by atoms with Crippen LogP contribution in [0.4, 0.5) is 122 Å². The molecule has 760 valence electrons. The Kier molecular flexibility index (Phi) is 31.9. The molecule has 39 heteroatoms. The summed E-state index contributed by atoms with van der Waals surface area (Å²) >= 11 is 0. The van der Waals surface area contributed by atoms with Crippen LogP contribution in [0.2, 0.25) is 0 Å². The number of likely N-dealkylation sites (tertiary alicyclic amines) is 1. The molecule has 4 aromatic carbocycles. The zero-order valence-electron chi connectivity index (χ0n) is 84.8. The van der Waals surface area contributed by atoms with Gasteiger partial charge in [0.2, 0.25) is 59.2 Å². The summed E-state index contributed by atoms with van der Waals surface area (Å²) in [4.78, 5) is 170. The van der Waals surface area contributed by atoms with Crippen molar-refractivity contribution < 1.29 is 65.8 Å². The second-order valence-corrected chi connectivity index (χ2v) is 41.9. The first-order valence-corrected chi connectivity index (χ1v) is 49.0. The number of hydrogen-bond acceptors (Lipinski definition) is 27. The van der Waals surface area contributed by atoms with Crippen molar-refractivity contribution in [3.05, 3.63) is 133 Å². The van der Waals surface area contributed by atoms with E-state index in [1.165, 1.54) is 57.6 Å². The summed E-state index contributed by atoms with van der Waals surface area (Å²) < 4.78 is 47.8. The summed E-state index contributed by atoms with van der Waals surface area (Å²) in [6.07, 6.45) is 18.3. The number of benzene rings is 4. The second-order valence-electron chi connectivity index (χ2n) is 41.9. The monoisotopic (exact) mass is 1960 g/mol. The van der Waals surface area contributed by atoms with Gasteiger partial charge in [-0.05, 0) is 200 Å². The first kappa shape index (κ1) is 104. The highest BCUT2D eigenvalue weighted by atomic mass is 19.4. The molecule has 0 spiro atoms. The van der Waals surface area contributed by atoms with Gasteiger partial charge in [0.05, 0.1) is 59.1 Å². The molecule has 142 heavy (non-hydrogen) atoms. The zero-order chi connectivity index (χ0) is 102. The van der Waals surface area contributed by atoms with Gasteiger partial charge in [-0.15, -0.1) is 0 Å². The third-order valence-corrected chi connectivity index (χ3v) is 27.3. The fraction of sp³-hybridized carbons (Fsp3) is 0.524. The largest absolute Gasteiger partial charge is 0.444 e. The van der Waals surface area contributed by atoms with Crippen molar-refractivity contribution in [2.45, 2.75) is 234 Å². The summed E-state index contributed by atoms with van der Waals surface area (Å²) in [7, 11) is 10.5. The summed E-state index contributed by atoms with van der Waals surface area (Å²) in [5.74, 6) is 3.19. The third kappa shape index (κ3) is 25.1. The number of ether oxygens (including phenoxy) is 2. The van der Waals surface area contributed by atoms with Crippen molar-refractivity contribution in [3.8, 4) is 0 Å². The molecule has 0 bridgehead atoms. The van der Waals surface area contributed by atoms with Crippen LogP contribution in [0.15, 0.2) is 122 Å². The zero-order valence-corrected chi connectivity index (χ0v) is 84.8. The van der Waals surface area contributed by atoms with Crippen LogP contribution in [-0.2, 0) is 38.2 Å². The van der Waals surface area contributed by atoms with Gasteiger partial charge in [0.25, 0.3) is 11.8 Å². The van der Waals surface area contributed by atoms with Gasteiger partial charge in [-0.25, -0.2) is 24.7 Å². The molecule has 4 saturated carbocycles. The molecule has 5 aliphatic heterocycles. The number of halogens is 3. The van der Waals surface area contributed by atoms with Crippen LogP contribution in [-0.4, -0.2) is 235 Å². The maximum Gasteiger partial charge on any atom is 0.410 e. The molecule has 0 unspecified atom stereocenters. The quantitative estimate of drug-likeness (QED) is 0.0329. The number of carbonyl (C=O) groups is 9. The maximum atomic E-state index is 13.2. The number of hydrogen-bond donors (Lipinski definition) is 7. The van der Waals surface area contributed by atoms with Crippen molar-refractivity contribution in [2.24, 2.45) is 21.7 Å². The van der Waals surface area contributed by atoms with E-state index in [4.69, 9.17) is 29.4 Å². The first-order chi connectivity index (χ1) is 67.2. The van der Waals surface area contributed by atoms with Crippen molar-refractivity contribution in [3.63, 3.8) is 0 Å². The molecule has 4 aromatic heterocycles. The van der Waals surface area contributed by atoms with E-state index in [1.807, 2.05) is 119 Å². The van der Waals surface area contributed by atoms with E-state index < -0.39 is 45.8 Å². The number of rotatable bonds is 21. The highest BCUT2D eigenvalue weighted by molar-refractivity contribution is 6.05. The lowest BCUT2D eigenvalue weighted by Crippen LogP contribution is -2.61. The van der Waals surface area contributed by atoms with E-state index in [0.29, 0.717) is 134 Å². The lowest BCUT2D eigenvalue weighted by atomic mass is 9.91. The number of fused-ring (bicyclic) bond motifs is 4. The van der Waals surface area contributed by atoms with Crippen molar-refractivity contribution in [2.75, 3.05) is 165 Å². The Hall–Kier alpha value is -13.6. The number of alkyl halides is 3. The van der Waals surface area contributed by atoms with E-state index in [1.54, 1.807) is 139 Å². The Balaban J connectivity index is 0.000000151. The molecule has 9 amide bonds. The van der Waals surface area contributed by atoms with Gasteiger partial charge >= 0.3 is 12.3 Å². The lowest BCUT2D eigenvalue weighted by Gasteiger charge is -2.39. The lowest BCUT2D eigenvalue weighted by molar-refractivity contribution is -0.150. The fourth-order valence-corrected chi connectivity index (χ4v) is 19.8. The van der Waals surface area contributed by atoms with Gasteiger partial charge in [-0.1, -0.05) is 75.6 Å². The molecular formula is C103H136F3N25O11. The SMILES string of the molecule is CC(=O)N(C)c1cccc(Nc2ncc3c(n2)N(C2CCCC2)CC(C)(C)C(=O)N3C)c1.CN1C(=O)C(C)(C)CN(C2CCCC2)c2nc(Nc3cccc(C(=O)NC4CN(C(=O)OC(C)(C)C)C4)c3)ncc21.CN1C(=O)C(C)(C)CN(C2CCCC2)c2nc(Nc3cccc(NC(=O)CC(F)(F)F)c3)ncc21.COCCNC(=O)c1cccc(Nc2ncc3c(n2)N(C2CCCC2)CC(C)(C)C(=O)N3C)c1. The molecule has 17 rings (SSSR count). The molecule has 36 nitrogen and oxygen atoms in total. The average molecular weight is 1960 g/mol. The number of anilines is 18. The minimum absolute atomic E-state index is 0.00847. The van der Waals surface area contributed by atoms with Crippen LogP contribution in [0.3, 0.4) is 0 Å². The van der Waals surface area contributed by atoms with Crippen molar-refractivity contribution in [1.29, 1.82) is 0 Å². The average Bonchev–Trinajstić information content (AvgIpc) is 1.63. The van der Waals surface area contributed by atoms with Gasteiger partial charge in [0.15, 0.2) is 23.3 Å². The molecule has 0 radical (unpaired) electrons. The maximum absolute atomic E-state index is 13.2. The first-order valence-electron chi connectivity index (χ1n) is 49.0. The van der Waals surface area contributed by atoms with Crippen LogP contribution in [0.5, 0.6) is 0 Å². The predicted octanol–water partition coefficient (Wildman–Crippen LogP) is 16.5. The van der Waals surface area contributed by atoms with E-state index in [9.17, 15) is 56.3 Å². The smallest absolute Gasteiger partial charge is 0.410 e. The Morgan fingerprint density at radius 2 is 0.768 bits per heavy atom. The number of carbonyl (C=O) groups excluding carboxylic acids is 9. The highest BCUT2D eigenvalue weighted by Crippen LogP contribution is 2.47. The number of methoxy groups -OCH3 is 1. The molecule has 9 heterocycles. The minimum atomic E-state index is -4.58. The van der Waals surface area contributed by atoms with Crippen molar-refractivity contribution >= 4 is 157 Å². The minimum Gasteiger partial charge on any atom is -0.444 e. The molecule has 5 fully saturated rings. The topological polar surface area (TPSA) is 392 Å². The summed E-state index contributed by atoms with van der Waals surface area (Å²) in [5.41, 5.74) is 4.74. The number of aromatic nitrogens is 8. The Morgan fingerprint density at radius 1 is 0.451 bits per heavy atom. The molecule has 9 aliphatic rings. The summed E-state index contributed by atoms with van der Waals surface area (Å²) in [6.45, 7) is 26.9. The highest BCUT2D eigenvalue weighted by Gasteiger charge is 2.48. The standard InChI is InChI=1S/C30H41N7O4.C25H34N6O3.C24H29F3N6O2.C24H32N6O2/c1-29(2,3)41-28(40)36-16-21(17-36)32-25(38)19-10-9-11-20(14-19)33-27-31-15-23-24(34-27)37(22-12-7-8-13-22)18-30(4,5)26(39)35(23)6;1-25(2)16-31(19-10-5-6-11-19)21-20(30(3)23(25)33)15-27-24(29-21)28-18-9-7-8-17(14-18)22(32)26-12-13-34-4;1-23(2)14-33(17-9-4-5-10-17)20-18(32(3)21(23)35)13-28-22(31-20)30-16-8-6-7-15(11-16)29-19(34)12-24(25,26)27;1-16(31)28(4)19-12-8-9-17(13-19)26-23-25-14-20-21(27-23)30(18-10-6-7-11-18)15-24(2,3)22(32)29(20)5/h9-11,14-15,21-22H,7-8,12-13,16-18H2,1-6H3,(H,32,38)(H,31,33,34);7-9,14-15,19H,5-6,10-13,16H2,1-4H3,(H,26,32)(H,27,28,29);6-8,11,13,17H,4-5,9-10,12,14H2,1-3H3,(H,29,34)(H,28,30,31);8-9,12-14,18H,6-7,10-11,15H2,1-5H3,(H,25,26,27). The molecular weight excluding hydrogens is 1820 g/mol. The van der Waals surface area contributed by atoms with Crippen LogP contribution in [0.25, 0.3) is 0 Å². The van der Waals surface area contributed by atoms with E-state index in [-0.39, 0.29) is 71.2 Å². The molecule has 1 saturated heterocycles. The second kappa shape index (κ2) is 43.5.